The molecule has 5 heteroatoms. The number of ether oxygens (including phenoxy) is 2. The van der Waals surface area contributed by atoms with Gasteiger partial charge in [-0.3, -0.25) is 0 Å². The first-order chi connectivity index (χ1) is 8.26. The summed E-state index contributed by atoms with van der Waals surface area (Å²) >= 11 is 0. The summed E-state index contributed by atoms with van der Waals surface area (Å²) in [7, 11) is 1.68. The second kappa shape index (κ2) is 7.84. The van der Waals surface area contributed by atoms with Crippen LogP contribution < -0.4 is 10.1 Å². The Balaban J connectivity index is 2.50. The number of hydrogen-bond acceptors (Lipinski definition) is 5. The van der Waals surface area contributed by atoms with E-state index in [2.05, 4.69) is 22.2 Å². The van der Waals surface area contributed by atoms with Gasteiger partial charge in [0.05, 0.1) is 6.61 Å². The molecular weight excluding hydrogens is 218 g/mol. The molecule has 0 aliphatic heterocycles. The van der Waals surface area contributed by atoms with Gasteiger partial charge in [-0.1, -0.05) is 6.92 Å². The molecule has 0 unspecified atom stereocenters. The molecule has 0 aliphatic carbocycles. The van der Waals surface area contributed by atoms with Crippen molar-refractivity contribution in [3.63, 3.8) is 0 Å². The molecule has 0 atom stereocenters. The molecule has 0 saturated carbocycles. The minimum absolute atomic E-state index is 0.609. The number of nitrogens with zero attached hydrogens (tertiary/aromatic N) is 2. The van der Waals surface area contributed by atoms with Gasteiger partial charge < -0.3 is 14.8 Å². The molecule has 0 spiro atoms. The van der Waals surface area contributed by atoms with Gasteiger partial charge in [0.25, 0.3) is 0 Å². The molecule has 1 N–H and O–H groups in total. The fourth-order valence-electron chi connectivity index (χ4n) is 1.31. The van der Waals surface area contributed by atoms with Crippen molar-refractivity contribution in [2.24, 2.45) is 0 Å². The standard InChI is InChI=1S/C12H21N3O2/c1-4-6-13-12-14-10(2)9-11(15-12)17-8-5-7-16-3/h9H,4-8H2,1-3H3,(H,13,14,15). The molecule has 0 amide bonds. The minimum Gasteiger partial charge on any atom is -0.477 e. The molecule has 1 rings (SSSR count). The molecule has 1 aromatic heterocycles. The van der Waals surface area contributed by atoms with E-state index in [-0.39, 0.29) is 0 Å². The lowest BCUT2D eigenvalue weighted by atomic mass is 10.4. The van der Waals surface area contributed by atoms with Crippen LogP contribution in [0.5, 0.6) is 5.88 Å². The van der Waals surface area contributed by atoms with Crippen molar-refractivity contribution < 1.29 is 9.47 Å². The van der Waals surface area contributed by atoms with Crippen LogP contribution in [0.2, 0.25) is 0 Å². The SMILES string of the molecule is CCCNc1nc(C)cc(OCCCOC)n1. The zero-order valence-corrected chi connectivity index (χ0v) is 10.8. The molecular formula is C12H21N3O2. The van der Waals surface area contributed by atoms with Gasteiger partial charge in [-0.2, -0.15) is 4.98 Å². The lowest BCUT2D eigenvalue weighted by Crippen LogP contribution is -2.08. The van der Waals surface area contributed by atoms with Crippen molar-refractivity contribution >= 4 is 5.95 Å². The topological polar surface area (TPSA) is 56.3 Å². The lowest BCUT2D eigenvalue weighted by molar-refractivity contribution is 0.170. The fraction of sp³-hybridized carbons (Fsp3) is 0.667. The summed E-state index contributed by atoms with van der Waals surface area (Å²) in [5.74, 6) is 1.25. The van der Waals surface area contributed by atoms with Crippen LogP contribution in [0.25, 0.3) is 0 Å². The Bertz CT molecular complexity index is 332. The number of nitrogens with one attached hydrogen (secondary N) is 1. The first-order valence-corrected chi connectivity index (χ1v) is 5.97. The first-order valence-electron chi connectivity index (χ1n) is 5.97. The van der Waals surface area contributed by atoms with Crippen LogP contribution in [-0.4, -0.2) is 36.8 Å². The normalized spacial score (nSPS) is 10.3. The van der Waals surface area contributed by atoms with E-state index in [1.165, 1.54) is 0 Å². The van der Waals surface area contributed by atoms with Crippen LogP contribution in [0.4, 0.5) is 5.95 Å². The maximum atomic E-state index is 5.54. The highest BCUT2D eigenvalue weighted by molar-refractivity contribution is 5.30. The number of aromatic nitrogens is 2. The van der Waals surface area contributed by atoms with E-state index in [0.29, 0.717) is 25.0 Å². The zero-order valence-electron chi connectivity index (χ0n) is 10.8. The average Bonchev–Trinajstić information content (AvgIpc) is 2.31. The average molecular weight is 239 g/mol. The van der Waals surface area contributed by atoms with Crippen LogP contribution in [0.1, 0.15) is 25.5 Å². The lowest BCUT2D eigenvalue weighted by Gasteiger charge is -2.08. The Morgan fingerprint density at radius 2 is 2.12 bits per heavy atom. The van der Waals surface area contributed by atoms with Crippen LogP contribution in [0, 0.1) is 6.92 Å². The van der Waals surface area contributed by atoms with Crippen molar-refractivity contribution in [2.75, 3.05) is 32.2 Å². The van der Waals surface area contributed by atoms with Crippen molar-refractivity contribution in [2.45, 2.75) is 26.7 Å². The predicted molar refractivity (Wildman–Crippen MR) is 67.5 cm³/mol. The first kappa shape index (κ1) is 13.7. The van der Waals surface area contributed by atoms with Crippen LogP contribution in [0.15, 0.2) is 6.07 Å². The number of methoxy groups -OCH3 is 1. The van der Waals surface area contributed by atoms with Crippen molar-refractivity contribution in [1.29, 1.82) is 0 Å². The van der Waals surface area contributed by atoms with E-state index in [1.807, 2.05) is 13.0 Å². The molecule has 0 fully saturated rings. The molecule has 0 aliphatic rings. The Morgan fingerprint density at radius 3 is 2.82 bits per heavy atom. The Morgan fingerprint density at radius 1 is 1.29 bits per heavy atom. The van der Waals surface area contributed by atoms with Crippen molar-refractivity contribution in [3.05, 3.63) is 11.8 Å². The summed E-state index contributed by atoms with van der Waals surface area (Å²) in [4.78, 5) is 8.57. The van der Waals surface area contributed by atoms with Crippen molar-refractivity contribution in [1.82, 2.24) is 9.97 Å². The molecule has 0 bridgehead atoms. The van der Waals surface area contributed by atoms with E-state index in [0.717, 1.165) is 25.1 Å². The molecule has 17 heavy (non-hydrogen) atoms. The summed E-state index contributed by atoms with van der Waals surface area (Å²) in [6.45, 7) is 6.21. The van der Waals surface area contributed by atoms with E-state index in [9.17, 15) is 0 Å². The maximum Gasteiger partial charge on any atom is 0.226 e. The van der Waals surface area contributed by atoms with Gasteiger partial charge in [0.2, 0.25) is 11.8 Å². The summed E-state index contributed by atoms with van der Waals surface area (Å²) in [6.07, 6.45) is 1.90. The number of rotatable bonds is 8. The van der Waals surface area contributed by atoms with Gasteiger partial charge in [0, 0.05) is 38.4 Å². The largest absolute Gasteiger partial charge is 0.477 e. The van der Waals surface area contributed by atoms with E-state index < -0.39 is 0 Å². The Kier molecular flexibility index (Phi) is 6.32. The molecule has 96 valence electrons. The van der Waals surface area contributed by atoms with Crippen LogP contribution in [0.3, 0.4) is 0 Å². The quantitative estimate of drug-likeness (QED) is 0.703. The second-order valence-electron chi connectivity index (χ2n) is 3.79. The third-order valence-corrected chi connectivity index (χ3v) is 2.11. The van der Waals surface area contributed by atoms with E-state index in [4.69, 9.17) is 9.47 Å². The Hall–Kier alpha value is -1.36. The van der Waals surface area contributed by atoms with Crippen LogP contribution in [-0.2, 0) is 4.74 Å². The molecule has 0 aromatic carbocycles. The monoisotopic (exact) mass is 239 g/mol. The predicted octanol–water partition coefficient (Wildman–Crippen LogP) is 2.02. The second-order valence-corrected chi connectivity index (χ2v) is 3.79. The third kappa shape index (κ3) is 5.49. The van der Waals surface area contributed by atoms with Crippen LogP contribution >= 0.6 is 0 Å². The highest BCUT2D eigenvalue weighted by Crippen LogP contribution is 2.12. The highest BCUT2D eigenvalue weighted by Gasteiger charge is 2.02. The summed E-state index contributed by atoms with van der Waals surface area (Å²) in [5, 5.41) is 3.15. The molecule has 1 heterocycles. The maximum absolute atomic E-state index is 5.54. The van der Waals surface area contributed by atoms with Gasteiger partial charge in [0.15, 0.2) is 0 Å². The fourth-order valence-corrected chi connectivity index (χ4v) is 1.31. The Labute approximate surface area is 103 Å². The van der Waals surface area contributed by atoms with E-state index >= 15 is 0 Å². The third-order valence-electron chi connectivity index (χ3n) is 2.11. The summed E-state index contributed by atoms with van der Waals surface area (Å²) < 4.78 is 10.5. The smallest absolute Gasteiger partial charge is 0.226 e. The molecule has 0 radical (unpaired) electrons. The van der Waals surface area contributed by atoms with Gasteiger partial charge in [-0.15, -0.1) is 0 Å². The molecule has 5 nitrogen and oxygen atoms in total. The summed E-state index contributed by atoms with van der Waals surface area (Å²) in [5.41, 5.74) is 0.903. The number of anilines is 1. The minimum atomic E-state index is 0.609. The van der Waals surface area contributed by atoms with E-state index in [1.54, 1.807) is 7.11 Å². The molecule has 0 saturated heterocycles. The van der Waals surface area contributed by atoms with Gasteiger partial charge >= 0.3 is 0 Å². The summed E-state index contributed by atoms with van der Waals surface area (Å²) in [6, 6.07) is 1.84. The highest BCUT2D eigenvalue weighted by atomic mass is 16.5. The number of hydrogen-bond donors (Lipinski definition) is 1. The van der Waals surface area contributed by atoms with Gasteiger partial charge in [-0.05, 0) is 13.3 Å². The van der Waals surface area contributed by atoms with Gasteiger partial charge in [-0.25, -0.2) is 4.98 Å². The van der Waals surface area contributed by atoms with Crippen molar-refractivity contribution in [3.8, 4) is 5.88 Å². The zero-order chi connectivity index (χ0) is 12.5. The number of aryl methyl sites for hydroxylation is 1. The van der Waals surface area contributed by atoms with Gasteiger partial charge in [0.1, 0.15) is 0 Å². The molecule has 1 aromatic rings.